The summed E-state index contributed by atoms with van der Waals surface area (Å²) in [6, 6.07) is 26.5. The van der Waals surface area contributed by atoms with Crippen molar-refractivity contribution in [2.24, 2.45) is 0 Å². The molecule has 0 saturated heterocycles. The molecule has 164 valence electrons. The van der Waals surface area contributed by atoms with Crippen LogP contribution in [0, 0.1) is 0 Å². The van der Waals surface area contributed by atoms with Crippen LogP contribution in [0.5, 0.6) is 0 Å². The number of para-hydroxylation sites is 2. The Balaban J connectivity index is 1.28. The van der Waals surface area contributed by atoms with Crippen molar-refractivity contribution in [2.45, 2.75) is 38.6 Å². The van der Waals surface area contributed by atoms with Gasteiger partial charge in [-0.25, -0.2) is 4.98 Å². The SMILES string of the molecule is O=C(NCCCCCc1nc2ccccc2n1CCc1ccccc1)c1cccc(Br)c1. The lowest BCUT2D eigenvalue weighted by atomic mass is 10.1. The normalized spacial score (nSPS) is 11.0. The van der Waals surface area contributed by atoms with Crippen LogP contribution in [0.4, 0.5) is 0 Å². The summed E-state index contributed by atoms with van der Waals surface area (Å²) >= 11 is 3.41. The van der Waals surface area contributed by atoms with E-state index in [4.69, 9.17) is 4.98 Å². The highest BCUT2D eigenvalue weighted by Gasteiger charge is 2.10. The number of rotatable bonds is 10. The second kappa shape index (κ2) is 11.1. The molecule has 32 heavy (non-hydrogen) atoms. The van der Waals surface area contributed by atoms with Gasteiger partial charge in [0.25, 0.3) is 5.91 Å². The fourth-order valence-corrected chi connectivity index (χ4v) is 4.37. The van der Waals surface area contributed by atoms with Gasteiger partial charge in [0.1, 0.15) is 5.82 Å². The fourth-order valence-electron chi connectivity index (χ4n) is 3.97. The molecule has 3 aromatic carbocycles. The molecule has 0 radical (unpaired) electrons. The first kappa shape index (κ1) is 22.3. The summed E-state index contributed by atoms with van der Waals surface area (Å²) in [4.78, 5) is 17.1. The third-order valence-electron chi connectivity index (χ3n) is 5.65. The van der Waals surface area contributed by atoms with Gasteiger partial charge >= 0.3 is 0 Å². The van der Waals surface area contributed by atoms with Gasteiger partial charge < -0.3 is 9.88 Å². The average Bonchev–Trinajstić information content (AvgIpc) is 3.17. The minimum absolute atomic E-state index is 0.0194. The molecule has 0 aliphatic carbocycles. The van der Waals surface area contributed by atoms with E-state index < -0.39 is 0 Å². The van der Waals surface area contributed by atoms with Gasteiger partial charge in [-0.2, -0.15) is 0 Å². The zero-order valence-electron chi connectivity index (χ0n) is 18.1. The fraction of sp³-hybridized carbons (Fsp3) is 0.259. The maximum atomic E-state index is 12.2. The topological polar surface area (TPSA) is 46.9 Å². The Morgan fingerprint density at radius 1 is 0.875 bits per heavy atom. The van der Waals surface area contributed by atoms with Crippen LogP contribution < -0.4 is 5.32 Å². The van der Waals surface area contributed by atoms with Gasteiger partial charge in [0.2, 0.25) is 0 Å². The van der Waals surface area contributed by atoms with E-state index in [2.05, 4.69) is 80.4 Å². The lowest BCUT2D eigenvalue weighted by molar-refractivity contribution is 0.0953. The van der Waals surface area contributed by atoms with E-state index in [0.29, 0.717) is 12.1 Å². The number of aryl methyl sites for hydroxylation is 3. The Morgan fingerprint density at radius 3 is 2.53 bits per heavy atom. The first-order chi connectivity index (χ1) is 15.7. The predicted molar refractivity (Wildman–Crippen MR) is 134 cm³/mol. The number of nitrogens with one attached hydrogen (secondary N) is 1. The van der Waals surface area contributed by atoms with Crippen molar-refractivity contribution < 1.29 is 4.79 Å². The summed E-state index contributed by atoms with van der Waals surface area (Å²) in [7, 11) is 0. The van der Waals surface area contributed by atoms with Crippen LogP contribution in [-0.4, -0.2) is 22.0 Å². The molecule has 0 aliphatic heterocycles. The molecule has 4 rings (SSSR count). The van der Waals surface area contributed by atoms with Crippen LogP contribution in [0.15, 0.2) is 83.3 Å². The lowest BCUT2D eigenvalue weighted by Gasteiger charge is -2.10. The quantitative estimate of drug-likeness (QED) is 0.270. The Bertz CT molecular complexity index is 1170. The molecule has 1 N–H and O–H groups in total. The molecule has 0 spiro atoms. The first-order valence-corrected chi connectivity index (χ1v) is 12.0. The van der Waals surface area contributed by atoms with Crippen LogP contribution in [0.25, 0.3) is 11.0 Å². The summed E-state index contributed by atoms with van der Waals surface area (Å²) in [5.74, 6) is 1.13. The summed E-state index contributed by atoms with van der Waals surface area (Å²) < 4.78 is 3.29. The predicted octanol–water partition coefficient (Wildman–Crippen LogP) is 6.18. The highest BCUT2D eigenvalue weighted by atomic mass is 79.9. The molecular formula is C27H28BrN3O. The summed E-state index contributed by atoms with van der Waals surface area (Å²) in [5.41, 5.74) is 4.31. The number of nitrogens with zero attached hydrogens (tertiary/aromatic N) is 2. The molecule has 0 bridgehead atoms. The average molecular weight is 490 g/mol. The van der Waals surface area contributed by atoms with E-state index in [1.807, 2.05) is 24.3 Å². The van der Waals surface area contributed by atoms with Crippen molar-refractivity contribution in [3.63, 3.8) is 0 Å². The third-order valence-corrected chi connectivity index (χ3v) is 6.14. The van der Waals surface area contributed by atoms with Crippen molar-refractivity contribution in [1.82, 2.24) is 14.9 Å². The molecule has 5 heteroatoms. The van der Waals surface area contributed by atoms with Crippen LogP contribution in [0.3, 0.4) is 0 Å². The van der Waals surface area contributed by atoms with E-state index in [-0.39, 0.29) is 5.91 Å². The second-order valence-electron chi connectivity index (χ2n) is 7.98. The van der Waals surface area contributed by atoms with E-state index in [9.17, 15) is 4.79 Å². The van der Waals surface area contributed by atoms with Crippen molar-refractivity contribution in [3.05, 3.63) is 100 Å². The number of imidazole rings is 1. The molecular weight excluding hydrogens is 462 g/mol. The highest BCUT2D eigenvalue weighted by molar-refractivity contribution is 9.10. The van der Waals surface area contributed by atoms with Gasteiger partial charge in [-0.3, -0.25) is 4.79 Å². The summed E-state index contributed by atoms with van der Waals surface area (Å²) in [6.07, 6.45) is 5.02. The molecule has 0 unspecified atom stereocenters. The van der Waals surface area contributed by atoms with E-state index in [1.165, 1.54) is 11.1 Å². The van der Waals surface area contributed by atoms with Crippen LogP contribution in [-0.2, 0) is 19.4 Å². The number of halogens is 1. The molecule has 0 aliphatic rings. The Morgan fingerprint density at radius 2 is 1.69 bits per heavy atom. The minimum Gasteiger partial charge on any atom is -0.352 e. The molecule has 1 heterocycles. The number of unbranched alkanes of at least 4 members (excludes halogenated alkanes) is 2. The lowest BCUT2D eigenvalue weighted by Crippen LogP contribution is -2.24. The van der Waals surface area contributed by atoms with Crippen LogP contribution in [0.1, 0.15) is 41.0 Å². The van der Waals surface area contributed by atoms with Gasteiger partial charge in [-0.05, 0) is 55.2 Å². The molecule has 0 atom stereocenters. The van der Waals surface area contributed by atoms with Crippen molar-refractivity contribution >= 4 is 32.9 Å². The number of amides is 1. The molecule has 1 aromatic heterocycles. The van der Waals surface area contributed by atoms with Crippen molar-refractivity contribution in [3.8, 4) is 0 Å². The largest absolute Gasteiger partial charge is 0.352 e. The Kier molecular flexibility index (Phi) is 7.73. The van der Waals surface area contributed by atoms with Gasteiger partial charge in [0.15, 0.2) is 0 Å². The maximum absolute atomic E-state index is 12.2. The van der Waals surface area contributed by atoms with Crippen LogP contribution in [0.2, 0.25) is 0 Å². The third kappa shape index (κ3) is 5.86. The number of aromatic nitrogens is 2. The van der Waals surface area contributed by atoms with E-state index >= 15 is 0 Å². The molecule has 0 saturated carbocycles. The molecule has 1 amide bonds. The number of carbonyl (C=O) groups is 1. The first-order valence-electron chi connectivity index (χ1n) is 11.2. The van der Waals surface area contributed by atoms with Gasteiger partial charge in [-0.15, -0.1) is 0 Å². The number of fused-ring (bicyclic) bond motifs is 1. The Hall–Kier alpha value is -2.92. The number of benzene rings is 3. The van der Waals surface area contributed by atoms with Gasteiger partial charge in [-0.1, -0.05) is 70.9 Å². The maximum Gasteiger partial charge on any atom is 0.251 e. The van der Waals surface area contributed by atoms with Crippen molar-refractivity contribution in [2.75, 3.05) is 6.54 Å². The van der Waals surface area contributed by atoms with Crippen LogP contribution >= 0.6 is 15.9 Å². The van der Waals surface area contributed by atoms with E-state index in [1.54, 1.807) is 0 Å². The molecule has 0 fully saturated rings. The smallest absolute Gasteiger partial charge is 0.251 e. The number of hydrogen-bond donors (Lipinski definition) is 1. The van der Waals surface area contributed by atoms with E-state index in [0.717, 1.165) is 54.5 Å². The molecule has 4 nitrogen and oxygen atoms in total. The van der Waals surface area contributed by atoms with Gasteiger partial charge in [0, 0.05) is 29.5 Å². The number of hydrogen-bond acceptors (Lipinski definition) is 2. The Labute approximate surface area is 197 Å². The zero-order valence-corrected chi connectivity index (χ0v) is 19.7. The monoisotopic (exact) mass is 489 g/mol. The zero-order chi connectivity index (χ0) is 22.2. The second-order valence-corrected chi connectivity index (χ2v) is 8.90. The van der Waals surface area contributed by atoms with Crippen molar-refractivity contribution in [1.29, 1.82) is 0 Å². The van der Waals surface area contributed by atoms with Gasteiger partial charge in [0.05, 0.1) is 11.0 Å². The summed E-state index contributed by atoms with van der Waals surface area (Å²) in [5, 5.41) is 3.02. The standard InChI is InChI=1S/C27H28BrN3O/c28-23-13-9-12-22(20-23)27(32)29-18-8-2-5-16-26-30-24-14-6-7-15-25(24)31(26)19-17-21-10-3-1-4-11-21/h1,3-4,6-7,9-15,20H,2,5,8,16-19H2,(H,29,32). The minimum atomic E-state index is -0.0194. The number of carbonyl (C=O) groups excluding carboxylic acids is 1. The highest BCUT2D eigenvalue weighted by Crippen LogP contribution is 2.19. The molecule has 4 aromatic rings. The summed E-state index contributed by atoms with van der Waals surface area (Å²) in [6.45, 7) is 1.62.